The molecule has 0 amide bonds. The molecule has 1 aromatic carbocycles. The van der Waals surface area contributed by atoms with E-state index in [1.54, 1.807) is 11.1 Å². The molecule has 132 valence electrons. The summed E-state index contributed by atoms with van der Waals surface area (Å²) in [5.41, 5.74) is -0.0760. The molecule has 1 saturated heterocycles. The molecule has 0 spiro atoms. The minimum atomic E-state index is -3.94. The highest BCUT2D eigenvalue weighted by Crippen LogP contribution is 2.25. The van der Waals surface area contributed by atoms with Gasteiger partial charge in [0.15, 0.2) is 0 Å². The molecular formula is C15H16FN4O4S+. The molecule has 1 N–H and O–H groups in total. The summed E-state index contributed by atoms with van der Waals surface area (Å²) in [6.07, 6.45) is 1.57. The van der Waals surface area contributed by atoms with E-state index in [0.717, 1.165) is 6.07 Å². The van der Waals surface area contributed by atoms with Gasteiger partial charge in [-0.15, -0.1) is 0 Å². The third-order valence-electron chi connectivity index (χ3n) is 4.02. The lowest BCUT2D eigenvalue weighted by atomic mass is 10.3. The van der Waals surface area contributed by atoms with Crippen LogP contribution in [0.25, 0.3) is 0 Å². The molecule has 0 unspecified atom stereocenters. The van der Waals surface area contributed by atoms with Crippen molar-refractivity contribution in [2.75, 3.05) is 31.1 Å². The summed E-state index contributed by atoms with van der Waals surface area (Å²) in [4.78, 5) is 14.8. The molecule has 1 aliphatic rings. The highest BCUT2D eigenvalue weighted by Gasteiger charge is 2.36. The predicted octanol–water partition coefficient (Wildman–Crippen LogP) is 1.06. The number of benzene rings is 1. The average molecular weight is 367 g/mol. The number of rotatable bonds is 4. The number of pyridine rings is 1. The molecule has 1 fully saturated rings. The van der Waals surface area contributed by atoms with Crippen molar-refractivity contribution in [2.45, 2.75) is 4.90 Å². The van der Waals surface area contributed by atoms with Gasteiger partial charge in [-0.05, 0) is 18.2 Å². The smallest absolute Gasteiger partial charge is 0.258 e. The van der Waals surface area contributed by atoms with Gasteiger partial charge >= 0.3 is 11.5 Å². The van der Waals surface area contributed by atoms with E-state index in [9.17, 15) is 22.9 Å². The van der Waals surface area contributed by atoms with Gasteiger partial charge in [0, 0.05) is 6.07 Å². The zero-order valence-corrected chi connectivity index (χ0v) is 13.9. The van der Waals surface area contributed by atoms with Crippen LogP contribution in [0.3, 0.4) is 0 Å². The Labute approximate surface area is 143 Å². The molecular weight excluding hydrogens is 351 g/mol. The van der Waals surface area contributed by atoms with Gasteiger partial charge in [-0.2, -0.15) is 4.31 Å². The molecule has 1 aromatic heterocycles. The van der Waals surface area contributed by atoms with Crippen LogP contribution < -0.4 is 9.88 Å². The number of nitro groups is 1. The summed E-state index contributed by atoms with van der Waals surface area (Å²) in [5, 5.41) is 11.1. The Morgan fingerprint density at radius 3 is 2.40 bits per heavy atom. The van der Waals surface area contributed by atoms with E-state index in [2.05, 4.69) is 4.98 Å². The van der Waals surface area contributed by atoms with Crippen molar-refractivity contribution in [3.05, 3.63) is 58.5 Å². The fourth-order valence-electron chi connectivity index (χ4n) is 2.76. The van der Waals surface area contributed by atoms with Gasteiger partial charge in [0.25, 0.3) is 0 Å². The lowest BCUT2D eigenvalue weighted by Crippen LogP contribution is -2.50. The van der Waals surface area contributed by atoms with E-state index in [1.807, 2.05) is 0 Å². The van der Waals surface area contributed by atoms with Crippen molar-refractivity contribution in [2.24, 2.45) is 0 Å². The Morgan fingerprint density at radius 1 is 1.08 bits per heavy atom. The van der Waals surface area contributed by atoms with E-state index < -0.39 is 20.8 Å². The van der Waals surface area contributed by atoms with E-state index in [1.165, 1.54) is 34.6 Å². The Bertz CT molecular complexity index is 898. The van der Waals surface area contributed by atoms with Gasteiger partial charge in [0.2, 0.25) is 10.0 Å². The van der Waals surface area contributed by atoms with Crippen LogP contribution in [0.1, 0.15) is 0 Å². The highest BCUT2D eigenvalue weighted by atomic mass is 32.2. The fourth-order valence-corrected chi connectivity index (χ4v) is 4.25. The Morgan fingerprint density at radius 2 is 1.76 bits per heavy atom. The first-order valence-corrected chi connectivity index (χ1v) is 9.00. The maximum Gasteiger partial charge on any atom is 0.357 e. The first-order valence-electron chi connectivity index (χ1n) is 7.56. The number of nitrogens with one attached hydrogen (secondary N) is 1. The van der Waals surface area contributed by atoms with Gasteiger partial charge in [0.1, 0.15) is 10.7 Å². The van der Waals surface area contributed by atoms with Crippen LogP contribution in [0.15, 0.2) is 47.5 Å². The predicted molar refractivity (Wildman–Crippen MR) is 87.0 cm³/mol. The van der Waals surface area contributed by atoms with Crippen molar-refractivity contribution in [1.82, 2.24) is 4.31 Å². The number of hydrogen-bond donors (Lipinski definition) is 0. The molecule has 10 heteroatoms. The maximum atomic E-state index is 13.8. The van der Waals surface area contributed by atoms with Gasteiger partial charge in [-0.25, -0.2) is 17.8 Å². The molecule has 0 radical (unpaired) electrons. The second-order valence-electron chi connectivity index (χ2n) is 5.48. The van der Waals surface area contributed by atoms with Crippen molar-refractivity contribution in [1.29, 1.82) is 0 Å². The van der Waals surface area contributed by atoms with Crippen LogP contribution in [-0.2, 0) is 10.0 Å². The second kappa shape index (κ2) is 6.73. The summed E-state index contributed by atoms with van der Waals surface area (Å²) in [6.45, 7) is 0.733. The van der Waals surface area contributed by atoms with E-state index >= 15 is 0 Å². The van der Waals surface area contributed by atoms with E-state index in [4.69, 9.17) is 0 Å². The third kappa shape index (κ3) is 3.30. The van der Waals surface area contributed by atoms with Crippen LogP contribution >= 0.6 is 0 Å². The SMILES string of the molecule is O=[N+]([O-])c1ccc[nH+]c1N1CCN(S(=O)(=O)c2ccccc2F)CC1. The quantitative estimate of drug-likeness (QED) is 0.594. The Hall–Kier alpha value is -2.59. The number of halogens is 1. The monoisotopic (exact) mass is 367 g/mol. The minimum absolute atomic E-state index is 0.0760. The van der Waals surface area contributed by atoms with Gasteiger partial charge < -0.3 is 0 Å². The number of hydrogen-bond acceptors (Lipinski definition) is 5. The number of sulfonamides is 1. The van der Waals surface area contributed by atoms with Crippen molar-refractivity contribution in [3.8, 4) is 0 Å². The normalized spacial score (nSPS) is 16.0. The maximum absolute atomic E-state index is 13.8. The first-order chi connectivity index (χ1) is 11.9. The van der Waals surface area contributed by atoms with Gasteiger partial charge in [0.05, 0.1) is 37.3 Å². The zero-order chi connectivity index (χ0) is 18.0. The lowest BCUT2D eigenvalue weighted by Gasteiger charge is -2.30. The molecule has 3 rings (SSSR count). The number of aromatic nitrogens is 1. The molecule has 2 aromatic rings. The van der Waals surface area contributed by atoms with Crippen molar-refractivity contribution in [3.63, 3.8) is 0 Å². The molecule has 8 nitrogen and oxygen atoms in total. The molecule has 1 aliphatic heterocycles. The summed E-state index contributed by atoms with van der Waals surface area (Å²) in [5.74, 6) is -0.465. The number of piperazine rings is 1. The lowest BCUT2D eigenvalue weighted by molar-refractivity contribution is -0.411. The Balaban J connectivity index is 1.79. The number of H-pyrrole nitrogens is 1. The molecule has 25 heavy (non-hydrogen) atoms. The topological polar surface area (TPSA) is 97.9 Å². The molecule has 2 heterocycles. The molecule has 0 saturated carbocycles. The van der Waals surface area contributed by atoms with Crippen LogP contribution in [0, 0.1) is 15.9 Å². The number of anilines is 1. The third-order valence-corrected chi connectivity index (χ3v) is 5.95. The standard InChI is InChI=1S/C15H15FN4O4S/c16-12-4-1-2-6-14(12)25(23,24)19-10-8-18(9-11-19)15-13(20(21)22)5-3-7-17-15/h1-7H,8-11H2/p+1. The van der Waals surface area contributed by atoms with E-state index in [-0.39, 0.29) is 36.8 Å². The summed E-state index contributed by atoms with van der Waals surface area (Å²) in [6, 6.07) is 8.14. The molecule has 0 atom stereocenters. The van der Waals surface area contributed by atoms with Crippen LogP contribution in [0.4, 0.5) is 15.9 Å². The first kappa shape index (κ1) is 17.2. The summed E-state index contributed by atoms with van der Waals surface area (Å²) < 4.78 is 40.2. The van der Waals surface area contributed by atoms with Crippen LogP contribution in [0.2, 0.25) is 0 Å². The Kier molecular flexibility index (Phi) is 4.64. The summed E-state index contributed by atoms with van der Waals surface area (Å²) in [7, 11) is -3.94. The molecule has 0 bridgehead atoms. The fraction of sp³-hybridized carbons (Fsp3) is 0.267. The largest absolute Gasteiger partial charge is 0.357 e. The van der Waals surface area contributed by atoms with Gasteiger partial charge in [-0.3, -0.25) is 15.0 Å². The van der Waals surface area contributed by atoms with E-state index in [0.29, 0.717) is 5.82 Å². The second-order valence-corrected chi connectivity index (χ2v) is 7.39. The zero-order valence-electron chi connectivity index (χ0n) is 13.1. The van der Waals surface area contributed by atoms with Crippen molar-refractivity contribution >= 4 is 21.5 Å². The van der Waals surface area contributed by atoms with Crippen molar-refractivity contribution < 1.29 is 22.7 Å². The number of aromatic amines is 1. The van der Waals surface area contributed by atoms with Crippen LogP contribution in [-0.4, -0.2) is 43.8 Å². The molecule has 0 aliphatic carbocycles. The number of nitrogens with zero attached hydrogens (tertiary/aromatic N) is 3. The van der Waals surface area contributed by atoms with Crippen LogP contribution in [0.5, 0.6) is 0 Å². The highest BCUT2D eigenvalue weighted by molar-refractivity contribution is 7.89. The average Bonchev–Trinajstić information content (AvgIpc) is 2.62. The summed E-state index contributed by atoms with van der Waals surface area (Å²) >= 11 is 0. The minimum Gasteiger partial charge on any atom is -0.258 e. The van der Waals surface area contributed by atoms with Gasteiger partial charge in [-0.1, -0.05) is 12.1 Å².